The molecule has 2 rings (SSSR count). The summed E-state index contributed by atoms with van der Waals surface area (Å²) in [5, 5.41) is 1.86. The molecular formula is C13H17F2NO2S. The Morgan fingerprint density at radius 2 is 2.21 bits per heavy atom. The van der Waals surface area contributed by atoms with Crippen LogP contribution in [0, 0.1) is 6.92 Å². The van der Waals surface area contributed by atoms with Crippen LogP contribution in [0.5, 0.6) is 0 Å². The number of aryl methyl sites for hydroxylation is 1. The first-order valence-corrected chi connectivity index (χ1v) is 7.20. The first-order valence-electron chi connectivity index (χ1n) is 6.32. The SMILES string of the molecule is Cc1ccsc1C(=O)OC1CCN(CC(F)F)CC1. The predicted molar refractivity (Wildman–Crippen MR) is 69.9 cm³/mol. The summed E-state index contributed by atoms with van der Waals surface area (Å²) in [7, 11) is 0. The number of hydrogen-bond donors (Lipinski definition) is 0. The largest absolute Gasteiger partial charge is 0.458 e. The van der Waals surface area contributed by atoms with Gasteiger partial charge in [-0.2, -0.15) is 0 Å². The molecule has 2 heterocycles. The van der Waals surface area contributed by atoms with Crippen molar-refractivity contribution in [3.63, 3.8) is 0 Å². The van der Waals surface area contributed by atoms with Crippen molar-refractivity contribution in [2.75, 3.05) is 19.6 Å². The van der Waals surface area contributed by atoms with Gasteiger partial charge in [0.2, 0.25) is 0 Å². The van der Waals surface area contributed by atoms with Crippen LogP contribution >= 0.6 is 11.3 Å². The van der Waals surface area contributed by atoms with Gasteiger partial charge in [0.25, 0.3) is 6.43 Å². The van der Waals surface area contributed by atoms with E-state index in [9.17, 15) is 13.6 Å². The molecule has 106 valence electrons. The van der Waals surface area contributed by atoms with E-state index < -0.39 is 6.43 Å². The lowest BCUT2D eigenvalue weighted by Crippen LogP contribution is -2.40. The summed E-state index contributed by atoms with van der Waals surface area (Å²) in [6.07, 6.45) is -1.19. The molecule has 0 radical (unpaired) electrons. The Kier molecular flexibility index (Phi) is 4.87. The van der Waals surface area contributed by atoms with Crippen LogP contribution in [0.3, 0.4) is 0 Å². The number of halogens is 2. The van der Waals surface area contributed by atoms with Gasteiger partial charge in [0.15, 0.2) is 0 Å². The number of ether oxygens (including phenoxy) is 1. The molecule has 0 spiro atoms. The van der Waals surface area contributed by atoms with Crippen LogP contribution in [0.15, 0.2) is 11.4 Å². The fraction of sp³-hybridized carbons (Fsp3) is 0.615. The first-order chi connectivity index (χ1) is 9.06. The van der Waals surface area contributed by atoms with Crippen LogP contribution in [0.2, 0.25) is 0 Å². The van der Waals surface area contributed by atoms with Crippen molar-refractivity contribution >= 4 is 17.3 Å². The number of nitrogens with zero attached hydrogens (tertiary/aromatic N) is 1. The molecule has 0 aliphatic carbocycles. The van der Waals surface area contributed by atoms with Crippen molar-refractivity contribution in [3.8, 4) is 0 Å². The molecule has 1 aromatic heterocycles. The predicted octanol–water partition coefficient (Wildman–Crippen LogP) is 2.94. The van der Waals surface area contributed by atoms with Gasteiger partial charge in [0.1, 0.15) is 11.0 Å². The normalized spacial score (nSPS) is 17.9. The molecule has 0 aromatic carbocycles. The Morgan fingerprint density at radius 3 is 2.74 bits per heavy atom. The van der Waals surface area contributed by atoms with E-state index in [-0.39, 0.29) is 18.6 Å². The molecule has 0 atom stereocenters. The lowest BCUT2D eigenvalue weighted by molar-refractivity contribution is 0.00262. The van der Waals surface area contributed by atoms with Gasteiger partial charge in [-0.15, -0.1) is 11.3 Å². The number of likely N-dealkylation sites (tertiary alicyclic amines) is 1. The molecule has 1 aromatic rings. The van der Waals surface area contributed by atoms with E-state index in [2.05, 4.69) is 0 Å². The molecule has 0 unspecified atom stereocenters. The maximum Gasteiger partial charge on any atom is 0.348 e. The molecule has 1 saturated heterocycles. The second-order valence-electron chi connectivity index (χ2n) is 4.73. The number of alkyl halides is 2. The van der Waals surface area contributed by atoms with Gasteiger partial charge in [-0.1, -0.05) is 0 Å². The third-order valence-corrected chi connectivity index (χ3v) is 4.25. The zero-order chi connectivity index (χ0) is 13.8. The average Bonchev–Trinajstić information content (AvgIpc) is 2.77. The fourth-order valence-corrected chi connectivity index (χ4v) is 3.00. The highest BCUT2D eigenvalue weighted by atomic mass is 32.1. The standard InChI is InChI=1S/C13H17F2NO2S/c1-9-4-7-19-12(9)13(17)18-10-2-5-16(6-3-10)8-11(14)15/h4,7,10-11H,2-3,5-6,8H2,1H3. The molecule has 0 amide bonds. The summed E-state index contributed by atoms with van der Waals surface area (Å²) >= 11 is 1.37. The molecule has 1 aliphatic heterocycles. The van der Waals surface area contributed by atoms with Crippen molar-refractivity contribution in [3.05, 3.63) is 21.9 Å². The van der Waals surface area contributed by atoms with Crippen LogP contribution in [-0.2, 0) is 4.74 Å². The Balaban J connectivity index is 1.80. The molecule has 0 saturated carbocycles. The third-order valence-electron chi connectivity index (χ3n) is 3.25. The fourth-order valence-electron chi connectivity index (χ4n) is 2.19. The minimum Gasteiger partial charge on any atom is -0.458 e. The van der Waals surface area contributed by atoms with Crippen molar-refractivity contribution in [2.24, 2.45) is 0 Å². The highest BCUT2D eigenvalue weighted by Crippen LogP contribution is 2.20. The Morgan fingerprint density at radius 1 is 1.53 bits per heavy atom. The number of piperidine rings is 1. The number of carbonyl (C=O) groups is 1. The summed E-state index contributed by atoms with van der Waals surface area (Å²) in [4.78, 5) is 14.3. The molecule has 0 N–H and O–H groups in total. The molecule has 0 bridgehead atoms. The van der Waals surface area contributed by atoms with E-state index >= 15 is 0 Å². The van der Waals surface area contributed by atoms with Gasteiger partial charge >= 0.3 is 5.97 Å². The summed E-state index contributed by atoms with van der Waals surface area (Å²) in [5.41, 5.74) is 0.921. The topological polar surface area (TPSA) is 29.5 Å². The van der Waals surface area contributed by atoms with E-state index in [1.165, 1.54) is 11.3 Å². The zero-order valence-electron chi connectivity index (χ0n) is 10.8. The Hall–Kier alpha value is -1.01. The van der Waals surface area contributed by atoms with E-state index in [1.54, 1.807) is 4.90 Å². The summed E-state index contributed by atoms with van der Waals surface area (Å²) in [6, 6.07) is 1.88. The molecular weight excluding hydrogens is 272 g/mol. The third kappa shape index (κ3) is 3.98. The van der Waals surface area contributed by atoms with E-state index in [4.69, 9.17) is 4.74 Å². The highest BCUT2D eigenvalue weighted by Gasteiger charge is 2.25. The summed E-state index contributed by atoms with van der Waals surface area (Å²) in [5.74, 6) is -0.292. The second-order valence-corrected chi connectivity index (χ2v) is 5.65. The molecule has 3 nitrogen and oxygen atoms in total. The number of rotatable bonds is 4. The van der Waals surface area contributed by atoms with Crippen LogP contribution in [0.1, 0.15) is 28.1 Å². The Labute approximate surface area is 115 Å². The number of carbonyl (C=O) groups excluding carboxylic acids is 1. The van der Waals surface area contributed by atoms with E-state index in [1.807, 2.05) is 18.4 Å². The lowest BCUT2D eigenvalue weighted by atomic mass is 10.1. The van der Waals surface area contributed by atoms with Crippen molar-refractivity contribution in [1.29, 1.82) is 0 Å². The van der Waals surface area contributed by atoms with Gasteiger partial charge in [-0.25, -0.2) is 13.6 Å². The molecule has 6 heteroatoms. The van der Waals surface area contributed by atoms with Crippen LogP contribution in [0.25, 0.3) is 0 Å². The number of thiophene rings is 1. The first kappa shape index (κ1) is 14.4. The van der Waals surface area contributed by atoms with Crippen molar-refractivity contribution in [2.45, 2.75) is 32.3 Å². The van der Waals surface area contributed by atoms with E-state index in [0.29, 0.717) is 30.8 Å². The highest BCUT2D eigenvalue weighted by molar-refractivity contribution is 7.12. The zero-order valence-corrected chi connectivity index (χ0v) is 11.6. The number of hydrogen-bond acceptors (Lipinski definition) is 4. The molecule has 1 aliphatic rings. The van der Waals surface area contributed by atoms with Gasteiger partial charge in [-0.3, -0.25) is 4.90 Å². The van der Waals surface area contributed by atoms with Gasteiger partial charge < -0.3 is 4.74 Å². The Bertz CT molecular complexity index is 428. The number of esters is 1. The van der Waals surface area contributed by atoms with Crippen molar-refractivity contribution in [1.82, 2.24) is 4.90 Å². The smallest absolute Gasteiger partial charge is 0.348 e. The van der Waals surface area contributed by atoms with Crippen LogP contribution in [0.4, 0.5) is 8.78 Å². The van der Waals surface area contributed by atoms with Crippen LogP contribution in [-0.4, -0.2) is 43.0 Å². The molecule has 19 heavy (non-hydrogen) atoms. The average molecular weight is 289 g/mol. The minimum absolute atomic E-state index is 0.150. The quantitative estimate of drug-likeness (QED) is 0.798. The van der Waals surface area contributed by atoms with Gasteiger partial charge in [0, 0.05) is 13.1 Å². The van der Waals surface area contributed by atoms with Crippen molar-refractivity contribution < 1.29 is 18.3 Å². The monoisotopic (exact) mass is 289 g/mol. The second kappa shape index (κ2) is 6.43. The maximum atomic E-state index is 12.2. The van der Waals surface area contributed by atoms with E-state index in [0.717, 1.165) is 5.56 Å². The minimum atomic E-state index is -2.30. The summed E-state index contributed by atoms with van der Waals surface area (Å²) < 4.78 is 29.9. The molecule has 1 fully saturated rings. The van der Waals surface area contributed by atoms with Gasteiger partial charge in [0.05, 0.1) is 6.54 Å². The lowest BCUT2D eigenvalue weighted by Gasteiger charge is -2.31. The van der Waals surface area contributed by atoms with Gasteiger partial charge in [-0.05, 0) is 36.8 Å². The maximum absolute atomic E-state index is 12.2. The summed E-state index contributed by atoms with van der Waals surface area (Å²) in [6.45, 7) is 2.81. The van der Waals surface area contributed by atoms with Crippen LogP contribution < -0.4 is 0 Å².